The number of nitrogens with two attached hydrogens (primary N) is 1. The maximum atomic E-state index is 13.2. The smallest absolute Gasteiger partial charge is 0.266 e. The van der Waals surface area contributed by atoms with E-state index >= 15 is 0 Å². The molecule has 0 aliphatic carbocycles. The van der Waals surface area contributed by atoms with E-state index in [9.17, 15) is 18.4 Å². The van der Waals surface area contributed by atoms with Crippen molar-refractivity contribution in [3.05, 3.63) is 57.6 Å². The van der Waals surface area contributed by atoms with Crippen molar-refractivity contribution >= 4 is 39.1 Å². The van der Waals surface area contributed by atoms with Crippen LogP contribution in [0.15, 0.2) is 34.8 Å². The number of carbonyl (C=O) groups excluding carboxylic acids is 2. The van der Waals surface area contributed by atoms with E-state index in [2.05, 4.69) is 15.9 Å². The van der Waals surface area contributed by atoms with Gasteiger partial charge in [0.1, 0.15) is 0 Å². The van der Waals surface area contributed by atoms with Gasteiger partial charge in [-0.05, 0) is 46.3 Å². The Morgan fingerprint density at radius 2 is 1.48 bits per heavy atom. The molecule has 0 bridgehead atoms. The largest absolute Gasteiger partial charge is 0.398 e. The summed E-state index contributed by atoms with van der Waals surface area (Å²) in [6.45, 7) is 0. The Morgan fingerprint density at radius 1 is 0.952 bits per heavy atom. The number of hydrogen-bond acceptors (Lipinski definition) is 3. The molecule has 2 aromatic carbocycles. The molecule has 2 N–H and O–H groups in total. The number of nitrogen functional groups attached to an aromatic ring is 1. The van der Waals surface area contributed by atoms with Crippen molar-refractivity contribution in [2.75, 3.05) is 10.6 Å². The highest BCUT2D eigenvalue weighted by Crippen LogP contribution is 2.32. The summed E-state index contributed by atoms with van der Waals surface area (Å²) in [5.74, 6) is -3.77. The van der Waals surface area contributed by atoms with Crippen LogP contribution in [0.4, 0.5) is 20.2 Å². The molecule has 0 spiro atoms. The number of halogens is 3. The van der Waals surface area contributed by atoms with Crippen LogP contribution in [0.3, 0.4) is 0 Å². The number of imide groups is 1. The minimum atomic E-state index is -1.17. The average Bonchev–Trinajstić information content (AvgIpc) is 2.66. The minimum absolute atomic E-state index is 0.166. The summed E-state index contributed by atoms with van der Waals surface area (Å²) in [5.41, 5.74) is 5.96. The van der Waals surface area contributed by atoms with Crippen LogP contribution < -0.4 is 10.6 Å². The van der Waals surface area contributed by atoms with E-state index in [-0.39, 0.29) is 16.8 Å². The van der Waals surface area contributed by atoms with Crippen LogP contribution in [-0.2, 0) is 0 Å². The van der Waals surface area contributed by atoms with Gasteiger partial charge in [0, 0.05) is 10.2 Å². The standard InChI is InChI=1S/C14H7BrF2N2O2/c15-9-2-1-6(3-12(9)18)19-13(20)7-4-10(16)11(17)5-8(7)14(19)21/h1-5H,18H2. The first-order chi connectivity index (χ1) is 9.90. The maximum Gasteiger partial charge on any atom is 0.266 e. The highest BCUT2D eigenvalue weighted by Gasteiger charge is 2.38. The molecule has 1 heterocycles. The van der Waals surface area contributed by atoms with E-state index in [0.29, 0.717) is 10.2 Å². The maximum absolute atomic E-state index is 13.2. The molecule has 1 aliphatic heterocycles. The van der Waals surface area contributed by atoms with Crippen LogP contribution in [0.2, 0.25) is 0 Å². The zero-order valence-corrected chi connectivity index (χ0v) is 11.9. The first kappa shape index (κ1) is 13.7. The zero-order chi connectivity index (χ0) is 15.3. The third-order valence-corrected chi connectivity index (χ3v) is 3.89. The van der Waals surface area contributed by atoms with Crippen molar-refractivity contribution in [3.8, 4) is 0 Å². The number of nitrogens with zero attached hydrogens (tertiary/aromatic N) is 1. The van der Waals surface area contributed by atoms with E-state index in [0.717, 1.165) is 17.0 Å². The molecule has 1 aliphatic rings. The molecule has 21 heavy (non-hydrogen) atoms. The second-order valence-electron chi connectivity index (χ2n) is 4.46. The second kappa shape index (κ2) is 4.63. The molecule has 0 saturated heterocycles. The number of anilines is 2. The SMILES string of the molecule is Nc1cc(N2C(=O)c3cc(F)c(F)cc3C2=O)ccc1Br. The number of amides is 2. The van der Waals surface area contributed by atoms with Crippen LogP contribution in [0.1, 0.15) is 20.7 Å². The van der Waals surface area contributed by atoms with Gasteiger partial charge in [-0.2, -0.15) is 0 Å². The van der Waals surface area contributed by atoms with Crippen LogP contribution >= 0.6 is 15.9 Å². The number of fused-ring (bicyclic) bond motifs is 1. The van der Waals surface area contributed by atoms with Crippen molar-refractivity contribution in [2.45, 2.75) is 0 Å². The van der Waals surface area contributed by atoms with Gasteiger partial charge in [-0.1, -0.05) is 0 Å². The predicted molar refractivity (Wildman–Crippen MR) is 76.1 cm³/mol. The molecule has 0 fully saturated rings. The molecule has 0 unspecified atom stereocenters. The Balaban J connectivity index is 2.13. The van der Waals surface area contributed by atoms with Gasteiger partial charge in [-0.3, -0.25) is 9.59 Å². The van der Waals surface area contributed by atoms with Crippen LogP contribution in [0, 0.1) is 11.6 Å². The zero-order valence-electron chi connectivity index (χ0n) is 10.4. The normalized spacial score (nSPS) is 13.8. The Labute approximate surface area is 126 Å². The number of benzene rings is 2. The number of hydrogen-bond donors (Lipinski definition) is 1. The summed E-state index contributed by atoms with van der Waals surface area (Å²) in [6, 6.07) is 5.98. The highest BCUT2D eigenvalue weighted by molar-refractivity contribution is 9.10. The third-order valence-electron chi connectivity index (χ3n) is 3.17. The molecular formula is C14H7BrF2N2O2. The lowest BCUT2D eigenvalue weighted by Crippen LogP contribution is -2.29. The first-order valence-electron chi connectivity index (χ1n) is 5.83. The van der Waals surface area contributed by atoms with Crippen molar-refractivity contribution in [3.63, 3.8) is 0 Å². The van der Waals surface area contributed by atoms with Crippen LogP contribution in [0.25, 0.3) is 0 Å². The Kier molecular flexibility index (Phi) is 3.02. The highest BCUT2D eigenvalue weighted by atomic mass is 79.9. The van der Waals surface area contributed by atoms with Gasteiger partial charge in [-0.25, -0.2) is 13.7 Å². The molecule has 0 radical (unpaired) electrons. The Morgan fingerprint density at radius 3 is 1.95 bits per heavy atom. The number of rotatable bonds is 1. The van der Waals surface area contributed by atoms with Crippen molar-refractivity contribution in [1.29, 1.82) is 0 Å². The van der Waals surface area contributed by atoms with E-state index in [1.807, 2.05) is 0 Å². The lowest BCUT2D eigenvalue weighted by atomic mass is 10.1. The van der Waals surface area contributed by atoms with Gasteiger partial charge in [0.05, 0.1) is 16.8 Å². The first-order valence-corrected chi connectivity index (χ1v) is 6.62. The molecule has 0 atom stereocenters. The number of carbonyl (C=O) groups is 2. The lowest BCUT2D eigenvalue weighted by molar-refractivity contribution is 0.0926. The van der Waals surface area contributed by atoms with Gasteiger partial charge < -0.3 is 5.73 Å². The van der Waals surface area contributed by atoms with E-state index in [1.165, 1.54) is 12.1 Å². The predicted octanol–water partition coefficient (Wildman–Crippen LogP) is 3.11. The Hall–Kier alpha value is -2.28. The van der Waals surface area contributed by atoms with Crippen molar-refractivity contribution < 1.29 is 18.4 Å². The topological polar surface area (TPSA) is 63.4 Å². The fraction of sp³-hybridized carbons (Fsp3) is 0. The quantitative estimate of drug-likeness (QED) is 0.633. The Bertz CT molecular complexity index is 767. The van der Waals surface area contributed by atoms with E-state index in [4.69, 9.17) is 5.73 Å². The summed E-state index contributed by atoms with van der Waals surface area (Å²) < 4.78 is 27.1. The van der Waals surface area contributed by atoms with Crippen LogP contribution in [-0.4, -0.2) is 11.8 Å². The third kappa shape index (κ3) is 2.01. The van der Waals surface area contributed by atoms with E-state index < -0.39 is 23.4 Å². The van der Waals surface area contributed by atoms with Crippen LogP contribution in [0.5, 0.6) is 0 Å². The molecule has 3 rings (SSSR count). The van der Waals surface area contributed by atoms with E-state index in [1.54, 1.807) is 6.07 Å². The molecule has 0 saturated carbocycles. The van der Waals surface area contributed by atoms with Gasteiger partial charge in [0.25, 0.3) is 11.8 Å². The summed E-state index contributed by atoms with van der Waals surface area (Å²) in [6.07, 6.45) is 0. The molecule has 2 amide bonds. The summed E-state index contributed by atoms with van der Waals surface area (Å²) in [5, 5.41) is 0. The minimum Gasteiger partial charge on any atom is -0.398 e. The molecule has 7 heteroatoms. The fourth-order valence-electron chi connectivity index (χ4n) is 2.14. The molecule has 4 nitrogen and oxygen atoms in total. The molecule has 0 aromatic heterocycles. The lowest BCUT2D eigenvalue weighted by Gasteiger charge is -2.14. The van der Waals surface area contributed by atoms with Crippen molar-refractivity contribution in [1.82, 2.24) is 0 Å². The summed E-state index contributed by atoms with van der Waals surface area (Å²) >= 11 is 3.20. The van der Waals surface area contributed by atoms with Gasteiger partial charge in [-0.15, -0.1) is 0 Å². The van der Waals surface area contributed by atoms with Gasteiger partial charge in [0.15, 0.2) is 11.6 Å². The second-order valence-corrected chi connectivity index (χ2v) is 5.32. The average molecular weight is 353 g/mol. The fourth-order valence-corrected chi connectivity index (χ4v) is 2.39. The molecular weight excluding hydrogens is 346 g/mol. The molecule has 106 valence electrons. The van der Waals surface area contributed by atoms with Gasteiger partial charge in [0.2, 0.25) is 0 Å². The monoisotopic (exact) mass is 352 g/mol. The van der Waals surface area contributed by atoms with Crippen molar-refractivity contribution in [2.24, 2.45) is 0 Å². The summed E-state index contributed by atoms with van der Waals surface area (Å²) in [7, 11) is 0. The van der Waals surface area contributed by atoms with Gasteiger partial charge >= 0.3 is 0 Å². The summed E-state index contributed by atoms with van der Waals surface area (Å²) in [4.78, 5) is 25.3. The molecule has 2 aromatic rings.